The highest BCUT2D eigenvalue weighted by Gasteiger charge is 2.27. The molecule has 0 bridgehead atoms. The molecule has 0 aromatic heterocycles. The lowest BCUT2D eigenvalue weighted by Crippen LogP contribution is -2.05. The predicted molar refractivity (Wildman–Crippen MR) is 48.0 cm³/mol. The molecule has 0 spiro atoms. The van der Waals surface area contributed by atoms with Gasteiger partial charge in [0.15, 0.2) is 11.6 Å². The van der Waals surface area contributed by atoms with Crippen LogP contribution in [0.4, 0.5) is 8.78 Å². The highest BCUT2D eigenvalue weighted by atomic mass is 35.7. The number of hydrogen-bond donors (Lipinski definition) is 2. The molecule has 0 aliphatic rings. The zero-order valence-corrected chi connectivity index (χ0v) is 8.81. The summed E-state index contributed by atoms with van der Waals surface area (Å²) in [6.45, 7) is 0. The lowest BCUT2D eigenvalue weighted by molar-refractivity contribution is 0.0692. The minimum Gasteiger partial charge on any atom is -0.504 e. The highest BCUT2D eigenvalue weighted by Crippen LogP contribution is 2.30. The van der Waals surface area contributed by atoms with Gasteiger partial charge < -0.3 is 10.2 Å². The Kier molecular flexibility index (Phi) is 3.06. The van der Waals surface area contributed by atoms with Gasteiger partial charge in [0.05, 0.1) is 0 Å². The summed E-state index contributed by atoms with van der Waals surface area (Å²) >= 11 is 0. The molecule has 0 aliphatic heterocycles. The van der Waals surface area contributed by atoms with Crippen molar-refractivity contribution in [3.63, 3.8) is 0 Å². The van der Waals surface area contributed by atoms with E-state index < -0.39 is 42.9 Å². The van der Waals surface area contributed by atoms with Crippen molar-refractivity contribution in [3.8, 4) is 5.75 Å². The van der Waals surface area contributed by atoms with Crippen LogP contribution in [0, 0.1) is 11.6 Å². The van der Waals surface area contributed by atoms with Crippen molar-refractivity contribution in [2.24, 2.45) is 0 Å². The van der Waals surface area contributed by atoms with E-state index >= 15 is 0 Å². The molecule has 88 valence electrons. The number of benzene rings is 1. The molecule has 0 unspecified atom stereocenters. The molecule has 9 heteroatoms. The van der Waals surface area contributed by atoms with E-state index in [4.69, 9.17) is 20.9 Å². The maximum atomic E-state index is 13.0. The predicted octanol–water partition coefficient (Wildman–Crippen LogP) is 1.30. The highest BCUT2D eigenvalue weighted by molar-refractivity contribution is 8.13. The quantitative estimate of drug-likeness (QED) is 0.792. The smallest absolute Gasteiger partial charge is 0.339 e. The van der Waals surface area contributed by atoms with Gasteiger partial charge in [-0.1, -0.05) is 0 Å². The van der Waals surface area contributed by atoms with E-state index in [0.717, 1.165) is 0 Å². The topological polar surface area (TPSA) is 91.7 Å². The van der Waals surface area contributed by atoms with Crippen molar-refractivity contribution < 1.29 is 32.2 Å². The first-order chi connectivity index (χ1) is 7.16. The third-order valence-corrected chi connectivity index (χ3v) is 2.96. The Hall–Kier alpha value is -1.41. The van der Waals surface area contributed by atoms with Crippen LogP contribution in [0.3, 0.4) is 0 Å². The van der Waals surface area contributed by atoms with Crippen LogP contribution in [0.1, 0.15) is 10.4 Å². The molecule has 2 N–H and O–H groups in total. The van der Waals surface area contributed by atoms with Crippen LogP contribution in [0.15, 0.2) is 11.0 Å². The van der Waals surface area contributed by atoms with Crippen molar-refractivity contribution in [1.29, 1.82) is 0 Å². The fourth-order valence-corrected chi connectivity index (χ4v) is 1.83. The van der Waals surface area contributed by atoms with Crippen molar-refractivity contribution in [3.05, 3.63) is 23.3 Å². The van der Waals surface area contributed by atoms with E-state index in [1.165, 1.54) is 0 Å². The number of phenols is 1. The molecule has 1 aromatic carbocycles. The number of carbonyl (C=O) groups is 1. The fraction of sp³-hybridized carbons (Fsp3) is 0. The van der Waals surface area contributed by atoms with Gasteiger partial charge in [-0.2, -0.15) is 4.39 Å². The molecule has 0 radical (unpaired) electrons. The third-order valence-electron chi connectivity index (χ3n) is 1.64. The zero-order valence-electron chi connectivity index (χ0n) is 7.24. The van der Waals surface area contributed by atoms with Crippen LogP contribution >= 0.6 is 10.7 Å². The summed E-state index contributed by atoms with van der Waals surface area (Å²) in [6.07, 6.45) is 0. The Morgan fingerprint density at radius 2 is 1.81 bits per heavy atom. The minimum absolute atomic E-state index is 0.235. The number of aromatic hydroxyl groups is 1. The largest absolute Gasteiger partial charge is 0.504 e. The third kappa shape index (κ3) is 2.07. The average Bonchev–Trinajstić information content (AvgIpc) is 2.11. The van der Waals surface area contributed by atoms with Crippen LogP contribution in [0.5, 0.6) is 5.75 Å². The van der Waals surface area contributed by atoms with Crippen molar-refractivity contribution in [2.75, 3.05) is 0 Å². The van der Waals surface area contributed by atoms with Crippen molar-refractivity contribution in [2.45, 2.75) is 4.90 Å². The second-order valence-corrected chi connectivity index (χ2v) is 5.18. The Morgan fingerprint density at radius 3 is 2.19 bits per heavy atom. The van der Waals surface area contributed by atoms with Gasteiger partial charge in [0.1, 0.15) is 10.5 Å². The standard InChI is InChI=1S/C7H3ClF2O5S/c8-16(14,15)3-1-2(7(12)13)6(11)5(10)4(3)9/h1,11H,(H,12,13). The molecular formula is C7H3ClF2O5S. The van der Waals surface area contributed by atoms with Gasteiger partial charge in [-0.3, -0.25) is 0 Å². The molecule has 0 saturated heterocycles. The van der Waals surface area contributed by atoms with Gasteiger partial charge in [-0.05, 0) is 6.07 Å². The van der Waals surface area contributed by atoms with E-state index in [2.05, 4.69) is 0 Å². The first-order valence-electron chi connectivity index (χ1n) is 3.55. The Bertz CT molecular complexity index is 569. The summed E-state index contributed by atoms with van der Waals surface area (Å²) in [7, 11) is 0.110. The Balaban J connectivity index is 3.74. The first-order valence-corrected chi connectivity index (χ1v) is 5.86. The van der Waals surface area contributed by atoms with Crippen LogP contribution in [0.2, 0.25) is 0 Å². The summed E-state index contributed by atoms with van der Waals surface area (Å²) < 4.78 is 47.5. The molecule has 0 heterocycles. The second-order valence-electron chi connectivity index (χ2n) is 2.64. The summed E-state index contributed by atoms with van der Waals surface area (Å²) in [5.41, 5.74) is -1.10. The van der Waals surface area contributed by atoms with E-state index in [0.29, 0.717) is 0 Å². The number of rotatable bonds is 2. The first kappa shape index (κ1) is 12.7. The SMILES string of the molecule is O=C(O)c1cc(S(=O)(=O)Cl)c(F)c(F)c1O. The maximum Gasteiger partial charge on any atom is 0.339 e. The van der Waals surface area contributed by atoms with Crippen LogP contribution in [-0.4, -0.2) is 24.6 Å². The average molecular weight is 273 g/mol. The molecule has 0 saturated carbocycles. The van der Waals surface area contributed by atoms with Crippen LogP contribution in [-0.2, 0) is 9.05 Å². The molecular weight excluding hydrogens is 270 g/mol. The van der Waals surface area contributed by atoms with E-state index in [1.807, 2.05) is 0 Å². The van der Waals surface area contributed by atoms with Gasteiger partial charge in [0, 0.05) is 10.7 Å². The monoisotopic (exact) mass is 272 g/mol. The van der Waals surface area contributed by atoms with E-state index in [9.17, 15) is 22.0 Å². The Morgan fingerprint density at radius 1 is 1.31 bits per heavy atom. The van der Waals surface area contributed by atoms with Crippen LogP contribution < -0.4 is 0 Å². The molecule has 16 heavy (non-hydrogen) atoms. The van der Waals surface area contributed by atoms with Gasteiger partial charge in [-0.15, -0.1) is 0 Å². The van der Waals surface area contributed by atoms with Gasteiger partial charge in [0.2, 0.25) is 5.82 Å². The fourth-order valence-electron chi connectivity index (χ4n) is 0.934. The Labute approximate surface area is 92.3 Å². The van der Waals surface area contributed by atoms with E-state index in [-0.39, 0.29) is 6.07 Å². The molecule has 1 aromatic rings. The molecule has 0 fully saturated rings. The molecule has 0 atom stereocenters. The van der Waals surface area contributed by atoms with Crippen molar-refractivity contribution in [1.82, 2.24) is 0 Å². The van der Waals surface area contributed by atoms with Gasteiger partial charge >= 0.3 is 5.97 Å². The second kappa shape index (κ2) is 3.87. The zero-order chi connectivity index (χ0) is 12.7. The molecule has 1 rings (SSSR count). The molecule has 0 aliphatic carbocycles. The minimum atomic E-state index is -4.65. The summed E-state index contributed by atoms with van der Waals surface area (Å²) in [5, 5.41) is 17.4. The number of carboxylic acid groups (broad SMARTS) is 1. The molecule has 0 amide bonds. The molecule has 5 nitrogen and oxygen atoms in total. The summed E-state index contributed by atoms with van der Waals surface area (Å²) in [5.74, 6) is -7.23. The van der Waals surface area contributed by atoms with Gasteiger partial charge in [0.25, 0.3) is 9.05 Å². The number of halogens is 3. The maximum absolute atomic E-state index is 13.0. The van der Waals surface area contributed by atoms with Gasteiger partial charge in [-0.25, -0.2) is 17.6 Å². The normalized spacial score (nSPS) is 11.4. The summed E-state index contributed by atoms with van der Waals surface area (Å²) in [6, 6.07) is 0.235. The van der Waals surface area contributed by atoms with Crippen molar-refractivity contribution >= 4 is 25.7 Å². The number of hydrogen-bond acceptors (Lipinski definition) is 4. The number of carboxylic acids is 1. The number of aromatic carboxylic acids is 1. The summed E-state index contributed by atoms with van der Waals surface area (Å²) in [4.78, 5) is 9.13. The lowest BCUT2D eigenvalue weighted by atomic mass is 10.2. The van der Waals surface area contributed by atoms with Crippen LogP contribution in [0.25, 0.3) is 0 Å². The lowest BCUT2D eigenvalue weighted by Gasteiger charge is -2.05. The van der Waals surface area contributed by atoms with E-state index in [1.54, 1.807) is 0 Å².